The number of aromatic nitrogens is 1. The Labute approximate surface area is 317 Å². The van der Waals surface area contributed by atoms with Gasteiger partial charge in [0.1, 0.15) is 16.7 Å². The van der Waals surface area contributed by atoms with Crippen molar-refractivity contribution >= 4 is 71.6 Å². The van der Waals surface area contributed by atoms with Gasteiger partial charge in [0, 0.05) is 27.7 Å². The molecule has 0 saturated carbocycles. The van der Waals surface area contributed by atoms with Crippen LogP contribution >= 0.6 is 0 Å². The monoisotopic (exact) mass is 704 g/mol. The van der Waals surface area contributed by atoms with Gasteiger partial charge in [-0.15, -0.1) is 0 Å². The average Bonchev–Trinajstić information content (AvgIpc) is 3.86. The fraction of sp³-hybridized carbons (Fsp3) is 0. The van der Waals surface area contributed by atoms with Crippen molar-refractivity contribution in [3.05, 3.63) is 194 Å². The number of nitrogens with zero attached hydrogens (tertiary/aromatic N) is 2. The fourth-order valence-electron chi connectivity index (χ4n) is 8.03. The molecular formula is C51H32N2O2. The van der Waals surface area contributed by atoms with Crippen molar-refractivity contribution in [3.8, 4) is 33.7 Å². The highest BCUT2D eigenvalue weighted by Gasteiger charge is 2.20. The number of hydrogen-bond acceptors (Lipinski definition) is 4. The maximum atomic E-state index is 6.44. The predicted molar refractivity (Wildman–Crippen MR) is 227 cm³/mol. The van der Waals surface area contributed by atoms with Gasteiger partial charge in [0.05, 0.1) is 11.1 Å². The summed E-state index contributed by atoms with van der Waals surface area (Å²) in [5.74, 6) is 0.603. The minimum atomic E-state index is 0.603. The van der Waals surface area contributed by atoms with Crippen molar-refractivity contribution in [3.63, 3.8) is 0 Å². The van der Waals surface area contributed by atoms with Crippen LogP contribution in [-0.4, -0.2) is 4.98 Å². The van der Waals surface area contributed by atoms with E-state index < -0.39 is 0 Å². The molecule has 2 aromatic heterocycles. The van der Waals surface area contributed by atoms with Gasteiger partial charge in [0.15, 0.2) is 5.58 Å². The molecule has 11 aromatic rings. The van der Waals surface area contributed by atoms with Crippen molar-refractivity contribution in [2.75, 3.05) is 4.90 Å². The molecular weight excluding hydrogens is 673 g/mol. The van der Waals surface area contributed by atoms with Gasteiger partial charge in [-0.3, -0.25) is 0 Å². The number of fused-ring (bicyclic) bond motifs is 8. The molecule has 0 fully saturated rings. The van der Waals surface area contributed by atoms with Gasteiger partial charge in [0.25, 0.3) is 0 Å². The summed E-state index contributed by atoms with van der Waals surface area (Å²) in [7, 11) is 0. The van der Waals surface area contributed by atoms with E-state index in [4.69, 9.17) is 13.8 Å². The second-order valence-electron chi connectivity index (χ2n) is 13.9. The second kappa shape index (κ2) is 12.6. The third kappa shape index (κ3) is 5.26. The molecule has 4 nitrogen and oxygen atoms in total. The van der Waals surface area contributed by atoms with Crippen molar-refractivity contribution < 1.29 is 8.83 Å². The number of rotatable bonds is 6. The van der Waals surface area contributed by atoms with E-state index in [1.807, 2.05) is 42.5 Å². The summed E-state index contributed by atoms with van der Waals surface area (Å²) < 4.78 is 12.8. The third-order valence-electron chi connectivity index (χ3n) is 10.7. The quantitative estimate of drug-likeness (QED) is 0.162. The van der Waals surface area contributed by atoms with Gasteiger partial charge in [-0.25, -0.2) is 4.98 Å². The summed E-state index contributed by atoms with van der Waals surface area (Å²) in [4.78, 5) is 7.18. The second-order valence-corrected chi connectivity index (χ2v) is 13.9. The molecule has 0 aliphatic rings. The summed E-state index contributed by atoms with van der Waals surface area (Å²) in [6.45, 7) is 0. The van der Waals surface area contributed by atoms with Crippen molar-refractivity contribution in [2.45, 2.75) is 0 Å². The van der Waals surface area contributed by atoms with E-state index >= 15 is 0 Å². The summed E-state index contributed by atoms with van der Waals surface area (Å²) in [6, 6.07) is 68.3. The molecule has 9 aromatic carbocycles. The van der Waals surface area contributed by atoms with Crippen LogP contribution < -0.4 is 4.90 Å². The minimum Gasteiger partial charge on any atom is -0.456 e. The van der Waals surface area contributed by atoms with Crippen molar-refractivity contribution in [2.24, 2.45) is 0 Å². The predicted octanol–water partition coefficient (Wildman–Crippen LogP) is 14.5. The Morgan fingerprint density at radius 2 is 1.04 bits per heavy atom. The van der Waals surface area contributed by atoms with Gasteiger partial charge in [-0.1, -0.05) is 127 Å². The first-order valence-electron chi connectivity index (χ1n) is 18.5. The zero-order chi connectivity index (χ0) is 36.3. The number of oxazole rings is 1. The van der Waals surface area contributed by atoms with Crippen molar-refractivity contribution in [1.29, 1.82) is 0 Å². The molecule has 4 heteroatoms. The topological polar surface area (TPSA) is 42.4 Å². The van der Waals surface area contributed by atoms with Crippen LogP contribution in [0.4, 0.5) is 17.1 Å². The molecule has 0 unspecified atom stereocenters. The van der Waals surface area contributed by atoms with E-state index in [9.17, 15) is 0 Å². The smallest absolute Gasteiger partial charge is 0.227 e. The molecule has 2 heterocycles. The Kier molecular flexibility index (Phi) is 7.14. The Balaban J connectivity index is 1.03. The van der Waals surface area contributed by atoms with Crippen LogP contribution in [0.1, 0.15) is 0 Å². The zero-order valence-corrected chi connectivity index (χ0v) is 29.7. The highest BCUT2D eigenvalue weighted by Crippen LogP contribution is 2.44. The lowest BCUT2D eigenvalue weighted by Gasteiger charge is -2.28. The Bertz CT molecular complexity index is 3200. The molecule has 258 valence electrons. The van der Waals surface area contributed by atoms with Crippen LogP contribution in [0.2, 0.25) is 0 Å². The molecule has 0 amide bonds. The van der Waals surface area contributed by atoms with Gasteiger partial charge in [-0.05, 0) is 105 Å². The van der Waals surface area contributed by atoms with Crippen LogP contribution in [0.3, 0.4) is 0 Å². The first kappa shape index (κ1) is 31.1. The van der Waals surface area contributed by atoms with Crippen LogP contribution in [0.15, 0.2) is 203 Å². The molecule has 0 radical (unpaired) electrons. The molecule has 0 aliphatic heterocycles. The van der Waals surface area contributed by atoms with E-state index in [-0.39, 0.29) is 0 Å². The Morgan fingerprint density at radius 1 is 0.382 bits per heavy atom. The Hall–Kier alpha value is -7.43. The van der Waals surface area contributed by atoms with Gasteiger partial charge in [0.2, 0.25) is 5.89 Å². The van der Waals surface area contributed by atoms with Crippen molar-refractivity contribution in [1.82, 2.24) is 4.98 Å². The minimum absolute atomic E-state index is 0.603. The lowest BCUT2D eigenvalue weighted by Crippen LogP contribution is -2.10. The molecule has 0 bridgehead atoms. The van der Waals surface area contributed by atoms with Crippen LogP contribution in [0.5, 0.6) is 0 Å². The molecule has 55 heavy (non-hydrogen) atoms. The van der Waals surface area contributed by atoms with Gasteiger partial charge < -0.3 is 13.7 Å². The molecule has 0 saturated heterocycles. The van der Waals surface area contributed by atoms with E-state index in [1.54, 1.807) is 0 Å². The Morgan fingerprint density at radius 3 is 1.85 bits per heavy atom. The standard InChI is InChI=1S/C51H32N2O2/c1-3-12-33(13-4-1)36-17-11-18-40(30-36)53(46-31-38-16-7-8-19-41(38)42-20-9-10-21-43(42)46)39-25-22-34(23-26-39)37-24-27-44-48(32-37)54-47-29-28-45-50(49(44)47)55-51(52-45)35-14-5-2-6-15-35/h1-32H. The van der Waals surface area contributed by atoms with Crippen LogP contribution in [-0.2, 0) is 0 Å². The van der Waals surface area contributed by atoms with E-state index in [0.29, 0.717) is 5.89 Å². The first-order chi connectivity index (χ1) is 27.2. The summed E-state index contributed by atoms with van der Waals surface area (Å²) >= 11 is 0. The lowest BCUT2D eigenvalue weighted by atomic mass is 9.98. The maximum Gasteiger partial charge on any atom is 0.227 e. The third-order valence-corrected chi connectivity index (χ3v) is 10.7. The van der Waals surface area contributed by atoms with Crippen LogP contribution in [0.25, 0.3) is 88.3 Å². The average molecular weight is 705 g/mol. The zero-order valence-electron chi connectivity index (χ0n) is 29.7. The van der Waals surface area contributed by atoms with Crippen LogP contribution in [0, 0.1) is 0 Å². The van der Waals surface area contributed by atoms with Gasteiger partial charge in [-0.2, -0.15) is 0 Å². The molecule has 11 rings (SSSR count). The van der Waals surface area contributed by atoms with E-state index in [0.717, 1.165) is 66.8 Å². The van der Waals surface area contributed by atoms with E-state index in [1.165, 1.54) is 32.7 Å². The number of hydrogen-bond donors (Lipinski definition) is 0. The highest BCUT2D eigenvalue weighted by atomic mass is 16.4. The molecule has 0 spiro atoms. The lowest BCUT2D eigenvalue weighted by molar-refractivity contribution is 0.622. The first-order valence-corrected chi connectivity index (χ1v) is 18.5. The largest absolute Gasteiger partial charge is 0.456 e. The summed E-state index contributed by atoms with van der Waals surface area (Å²) in [5, 5.41) is 6.83. The fourth-order valence-corrected chi connectivity index (χ4v) is 8.03. The highest BCUT2D eigenvalue weighted by molar-refractivity contribution is 6.17. The van der Waals surface area contributed by atoms with Gasteiger partial charge >= 0.3 is 0 Å². The maximum absolute atomic E-state index is 6.44. The van der Waals surface area contributed by atoms with E-state index in [2.05, 4.69) is 157 Å². The number of benzene rings is 9. The molecule has 0 atom stereocenters. The summed E-state index contributed by atoms with van der Waals surface area (Å²) in [5.41, 5.74) is 11.9. The molecule has 0 N–H and O–H groups in total. The summed E-state index contributed by atoms with van der Waals surface area (Å²) in [6.07, 6.45) is 0. The number of furan rings is 1. The molecule has 0 aliphatic carbocycles. The normalized spacial score (nSPS) is 11.6. The number of anilines is 3. The SMILES string of the molecule is c1ccc(-c2cccc(N(c3ccc(-c4ccc5c(c4)oc4ccc6nc(-c7ccccc7)oc6c45)cc3)c3cc4ccccc4c4ccccc34)c2)cc1.